The molecule has 13 heavy (non-hydrogen) atoms. The summed E-state index contributed by atoms with van der Waals surface area (Å²) in [5.74, 6) is -0.945. The average Bonchev–Trinajstić information content (AvgIpc) is 2.04. The molecule has 3 heteroatoms. The topological polar surface area (TPSA) is 57.5 Å². The van der Waals surface area contributed by atoms with Gasteiger partial charge in [-0.05, 0) is 25.8 Å². The second-order valence-electron chi connectivity index (χ2n) is 3.80. The first kappa shape index (κ1) is 10.3. The maximum Gasteiger partial charge on any atom is 0.331 e. The van der Waals surface area contributed by atoms with Crippen LogP contribution in [0.15, 0.2) is 11.6 Å². The lowest BCUT2D eigenvalue weighted by Gasteiger charge is -2.29. The first-order chi connectivity index (χ1) is 6.03. The van der Waals surface area contributed by atoms with E-state index in [9.17, 15) is 9.90 Å². The predicted octanol–water partition coefficient (Wildman–Crippen LogP) is 1.71. The van der Waals surface area contributed by atoms with Gasteiger partial charge in [-0.1, -0.05) is 19.3 Å². The summed E-state index contributed by atoms with van der Waals surface area (Å²) in [5.41, 5.74) is -0.620. The third-order valence-corrected chi connectivity index (χ3v) is 2.54. The minimum Gasteiger partial charge on any atom is -0.478 e. The minimum absolute atomic E-state index is 0.240. The van der Waals surface area contributed by atoms with Crippen LogP contribution in [0.25, 0.3) is 0 Å². The summed E-state index contributed by atoms with van der Waals surface area (Å²) in [7, 11) is 0. The first-order valence-corrected chi connectivity index (χ1v) is 4.69. The zero-order valence-corrected chi connectivity index (χ0v) is 7.92. The van der Waals surface area contributed by atoms with Crippen molar-refractivity contribution in [1.29, 1.82) is 0 Å². The van der Waals surface area contributed by atoms with E-state index >= 15 is 0 Å². The highest BCUT2D eigenvalue weighted by Crippen LogP contribution is 2.29. The van der Waals surface area contributed by atoms with Crippen LogP contribution in [-0.2, 0) is 4.79 Å². The smallest absolute Gasteiger partial charge is 0.331 e. The molecular weight excluding hydrogens is 168 g/mol. The van der Waals surface area contributed by atoms with Crippen molar-refractivity contribution in [3.05, 3.63) is 11.6 Å². The fraction of sp³-hybridized carbons (Fsp3) is 0.700. The van der Waals surface area contributed by atoms with E-state index in [-0.39, 0.29) is 5.57 Å². The lowest BCUT2D eigenvalue weighted by Crippen LogP contribution is -2.29. The maximum absolute atomic E-state index is 10.5. The van der Waals surface area contributed by atoms with E-state index in [2.05, 4.69) is 0 Å². The van der Waals surface area contributed by atoms with Gasteiger partial charge in [0.05, 0.1) is 5.60 Å². The van der Waals surface area contributed by atoms with Crippen LogP contribution in [0.3, 0.4) is 0 Å². The van der Waals surface area contributed by atoms with E-state index in [4.69, 9.17) is 5.11 Å². The van der Waals surface area contributed by atoms with Gasteiger partial charge in [-0.2, -0.15) is 0 Å². The molecule has 0 aliphatic heterocycles. The van der Waals surface area contributed by atoms with Gasteiger partial charge in [0.2, 0.25) is 0 Å². The number of rotatable bonds is 2. The van der Waals surface area contributed by atoms with Crippen LogP contribution >= 0.6 is 0 Å². The molecule has 0 saturated heterocycles. The average molecular weight is 184 g/mol. The minimum atomic E-state index is -0.945. The molecule has 0 atom stereocenters. The first-order valence-electron chi connectivity index (χ1n) is 4.69. The molecule has 0 aromatic carbocycles. The number of aliphatic hydroxyl groups is 1. The summed E-state index contributed by atoms with van der Waals surface area (Å²) in [6, 6.07) is 0. The molecule has 0 heterocycles. The summed E-state index contributed by atoms with van der Waals surface area (Å²) in [6.45, 7) is 1.52. The Hall–Kier alpha value is -0.830. The Labute approximate surface area is 78.1 Å². The molecule has 1 aliphatic rings. The van der Waals surface area contributed by atoms with Crippen LogP contribution in [0.1, 0.15) is 39.0 Å². The zero-order valence-electron chi connectivity index (χ0n) is 7.92. The zero-order chi connectivity index (χ0) is 9.90. The van der Waals surface area contributed by atoms with Crippen molar-refractivity contribution in [1.82, 2.24) is 0 Å². The number of carbonyl (C=O) groups is 1. The van der Waals surface area contributed by atoms with E-state index < -0.39 is 11.6 Å². The van der Waals surface area contributed by atoms with Gasteiger partial charge in [0.15, 0.2) is 0 Å². The van der Waals surface area contributed by atoms with Gasteiger partial charge in [-0.25, -0.2) is 4.79 Å². The summed E-state index contributed by atoms with van der Waals surface area (Å²) < 4.78 is 0. The van der Waals surface area contributed by atoms with Gasteiger partial charge >= 0.3 is 5.97 Å². The fourth-order valence-corrected chi connectivity index (χ4v) is 1.77. The number of hydrogen-bond donors (Lipinski definition) is 2. The van der Waals surface area contributed by atoms with Gasteiger partial charge in [0.1, 0.15) is 0 Å². The number of hydrogen-bond acceptors (Lipinski definition) is 2. The second kappa shape index (κ2) is 3.92. The number of aliphatic carboxylic acids is 1. The number of carboxylic acid groups (broad SMARTS) is 1. The molecule has 74 valence electrons. The van der Waals surface area contributed by atoms with E-state index in [0.29, 0.717) is 12.8 Å². The molecule has 0 amide bonds. The van der Waals surface area contributed by atoms with Crippen LogP contribution in [0.4, 0.5) is 0 Å². The Morgan fingerprint density at radius 3 is 2.31 bits per heavy atom. The molecule has 3 nitrogen and oxygen atoms in total. The van der Waals surface area contributed by atoms with Crippen molar-refractivity contribution in [2.75, 3.05) is 0 Å². The Bertz CT molecular complexity index is 224. The molecule has 1 rings (SSSR count). The molecular formula is C10H16O3. The molecule has 0 bridgehead atoms. The normalized spacial score (nSPS) is 22.8. The van der Waals surface area contributed by atoms with E-state index in [1.807, 2.05) is 0 Å². The second-order valence-corrected chi connectivity index (χ2v) is 3.80. The lowest BCUT2D eigenvalue weighted by atomic mass is 9.84. The van der Waals surface area contributed by atoms with Gasteiger partial charge in [-0.15, -0.1) is 0 Å². The molecule has 0 spiro atoms. The van der Waals surface area contributed by atoms with Crippen molar-refractivity contribution in [2.45, 2.75) is 44.6 Å². The van der Waals surface area contributed by atoms with Crippen LogP contribution in [-0.4, -0.2) is 21.8 Å². The van der Waals surface area contributed by atoms with Crippen molar-refractivity contribution in [3.8, 4) is 0 Å². The van der Waals surface area contributed by atoms with Crippen LogP contribution < -0.4 is 0 Å². The van der Waals surface area contributed by atoms with Crippen LogP contribution in [0, 0.1) is 0 Å². The van der Waals surface area contributed by atoms with E-state index in [1.165, 1.54) is 13.0 Å². The lowest BCUT2D eigenvalue weighted by molar-refractivity contribution is -0.132. The van der Waals surface area contributed by atoms with Gasteiger partial charge < -0.3 is 10.2 Å². The third-order valence-electron chi connectivity index (χ3n) is 2.54. The molecule has 0 radical (unpaired) electrons. The van der Waals surface area contributed by atoms with Crippen molar-refractivity contribution < 1.29 is 15.0 Å². The quantitative estimate of drug-likeness (QED) is 0.642. The summed E-state index contributed by atoms with van der Waals surface area (Å²) in [4.78, 5) is 10.5. The standard InChI is InChI=1S/C10H16O3/c1-8(9(11)12)7-10(13)5-3-2-4-6-10/h7,13H,2-6H2,1H3,(H,11,12). The highest BCUT2D eigenvalue weighted by Gasteiger charge is 2.27. The Kier molecular flexibility index (Phi) is 3.09. The molecule has 0 unspecified atom stereocenters. The molecule has 1 aliphatic carbocycles. The molecule has 0 aromatic rings. The van der Waals surface area contributed by atoms with E-state index in [0.717, 1.165) is 19.3 Å². The number of carboxylic acids is 1. The molecule has 1 fully saturated rings. The van der Waals surface area contributed by atoms with Gasteiger partial charge in [0.25, 0.3) is 0 Å². The predicted molar refractivity (Wildman–Crippen MR) is 49.4 cm³/mol. The highest BCUT2D eigenvalue weighted by atomic mass is 16.4. The fourth-order valence-electron chi connectivity index (χ4n) is 1.77. The molecule has 2 N–H and O–H groups in total. The van der Waals surface area contributed by atoms with Crippen molar-refractivity contribution >= 4 is 5.97 Å². The van der Waals surface area contributed by atoms with Crippen molar-refractivity contribution in [2.24, 2.45) is 0 Å². The highest BCUT2D eigenvalue weighted by molar-refractivity contribution is 5.86. The van der Waals surface area contributed by atoms with Crippen molar-refractivity contribution in [3.63, 3.8) is 0 Å². The van der Waals surface area contributed by atoms with Gasteiger partial charge in [0, 0.05) is 5.57 Å². The largest absolute Gasteiger partial charge is 0.478 e. The monoisotopic (exact) mass is 184 g/mol. The van der Waals surface area contributed by atoms with Crippen LogP contribution in [0.2, 0.25) is 0 Å². The maximum atomic E-state index is 10.5. The van der Waals surface area contributed by atoms with Gasteiger partial charge in [-0.3, -0.25) is 0 Å². The Morgan fingerprint density at radius 2 is 1.85 bits per heavy atom. The Morgan fingerprint density at radius 1 is 1.31 bits per heavy atom. The molecule has 0 aromatic heterocycles. The van der Waals surface area contributed by atoms with Crippen LogP contribution in [0.5, 0.6) is 0 Å². The summed E-state index contributed by atoms with van der Waals surface area (Å²) >= 11 is 0. The van der Waals surface area contributed by atoms with E-state index in [1.54, 1.807) is 0 Å². The summed E-state index contributed by atoms with van der Waals surface area (Å²) in [5, 5.41) is 18.6. The summed E-state index contributed by atoms with van der Waals surface area (Å²) in [6.07, 6.45) is 5.99. The molecule has 1 saturated carbocycles. The third kappa shape index (κ3) is 2.84. The SMILES string of the molecule is CC(=CC1(O)CCCCC1)C(=O)O. The Balaban J connectivity index is 2.68.